The van der Waals surface area contributed by atoms with Crippen LogP contribution < -0.4 is 14.8 Å². The molecule has 7 heteroatoms. The highest BCUT2D eigenvalue weighted by molar-refractivity contribution is 7.12. The van der Waals surface area contributed by atoms with Crippen LogP contribution in [0.25, 0.3) is 11.6 Å². The summed E-state index contributed by atoms with van der Waals surface area (Å²) in [6.45, 7) is 8.08. The third-order valence-electron chi connectivity index (χ3n) is 4.96. The molecule has 0 bridgehead atoms. The van der Waals surface area contributed by atoms with Crippen molar-refractivity contribution in [3.05, 3.63) is 88.1 Å². The summed E-state index contributed by atoms with van der Waals surface area (Å²) >= 11 is 1.45. The summed E-state index contributed by atoms with van der Waals surface area (Å²) in [7, 11) is 1.56. The minimum Gasteiger partial charge on any atom is -0.497 e. The van der Waals surface area contributed by atoms with E-state index >= 15 is 0 Å². The molecule has 3 rings (SSSR count). The summed E-state index contributed by atoms with van der Waals surface area (Å²) in [5.74, 6) is 0.608. The minimum absolute atomic E-state index is 0.245. The number of methoxy groups -OCH3 is 1. The summed E-state index contributed by atoms with van der Waals surface area (Å²) in [5.41, 5.74) is 3.36. The van der Waals surface area contributed by atoms with Crippen LogP contribution in [0.3, 0.4) is 0 Å². The number of hydrogen-bond acceptors (Lipinski definition) is 6. The molecule has 0 unspecified atom stereocenters. The molecule has 2 aromatic carbocycles. The molecule has 0 spiro atoms. The molecule has 0 aliphatic heterocycles. The lowest BCUT2D eigenvalue weighted by Gasteiger charge is -2.11. The van der Waals surface area contributed by atoms with Crippen molar-refractivity contribution in [2.45, 2.75) is 20.5 Å². The van der Waals surface area contributed by atoms with Gasteiger partial charge in [-0.15, -0.1) is 11.3 Å². The third kappa shape index (κ3) is 5.94. The maximum Gasteiger partial charge on any atom is 0.339 e. The fourth-order valence-electron chi connectivity index (χ4n) is 3.29. The summed E-state index contributed by atoms with van der Waals surface area (Å²) in [4.78, 5) is 25.7. The van der Waals surface area contributed by atoms with E-state index in [2.05, 4.69) is 11.9 Å². The van der Waals surface area contributed by atoms with Gasteiger partial charge in [-0.1, -0.05) is 30.9 Å². The Morgan fingerprint density at radius 1 is 1.12 bits per heavy atom. The molecule has 0 fully saturated rings. The Morgan fingerprint density at radius 3 is 2.59 bits per heavy atom. The van der Waals surface area contributed by atoms with Crippen molar-refractivity contribution in [2.24, 2.45) is 0 Å². The molecule has 3 aromatic rings. The van der Waals surface area contributed by atoms with Gasteiger partial charge in [0, 0.05) is 27.8 Å². The number of thiophene rings is 1. The standard InChI is InChI=1S/C27H27NO5S/c1-5-23-19(17-34-25(23)24(6-2)27(30)32-7-3)16-33-22-13-9-11-20(15-22)28-26(29)18-10-8-12-21(14-18)31-4/h5-6,8-15,17H,1,7,16H2,2-4H3,(H,28,29)/b24-6+. The highest BCUT2D eigenvalue weighted by atomic mass is 32.1. The fourth-order valence-corrected chi connectivity index (χ4v) is 4.41. The van der Waals surface area contributed by atoms with Crippen molar-refractivity contribution in [3.8, 4) is 11.5 Å². The van der Waals surface area contributed by atoms with Crippen molar-refractivity contribution in [3.63, 3.8) is 0 Å². The van der Waals surface area contributed by atoms with Crippen LogP contribution in [0, 0.1) is 0 Å². The van der Waals surface area contributed by atoms with Gasteiger partial charge in [0.15, 0.2) is 0 Å². The van der Waals surface area contributed by atoms with Crippen molar-refractivity contribution in [1.29, 1.82) is 0 Å². The van der Waals surface area contributed by atoms with E-state index in [1.165, 1.54) is 11.3 Å². The lowest BCUT2D eigenvalue weighted by Crippen LogP contribution is -2.12. The molecule has 176 valence electrons. The quantitative estimate of drug-likeness (QED) is 0.278. The van der Waals surface area contributed by atoms with E-state index in [1.807, 2.05) is 17.5 Å². The number of nitrogens with one attached hydrogen (secondary N) is 1. The maximum absolute atomic E-state index is 12.6. The number of carbonyl (C=O) groups is 2. The van der Waals surface area contributed by atoms with Gasteiger partial charge in [0.25, 0.3) is 5.91 Å². The second-order valence-electron chi connectivity index (χ2n) is 7.13. The normalized spacial score (nSPS) is 11.0. The van der Waals surface area contributed by atoms with Gasteiger partial charge in [0.1, 0.15) is 18.1 Å². The summed E-state index contributed by atoms with van der Waals surface area (Å²) in [6.07, 6.45) is 3.47. The number of benzene rings is 2. The predicted molar refractivity (Wildman–Crippen MR) is 136 cm³/mol. The molecule has 6 nitrogen and oxygen atoms in total. The number of allylic oxidation sites excluding steroid dienone is 1. The lowest BCUT2D eigenvalue weighted by molar-refractivity contribution is -0.136. The van der Waals surface area contributed by atoms with E-state index in [0.29, 0.717) is 34.9 Å². The van der Waals surface area contributed by atoms with Gasteiger partial charge in [-0.05, 0) is 55.1 Å². The Hall–Kier alpha value is -3.84. The fraction of sp³-hybridized carbons (Fsp3) is 0.185. The van der Waals surface area contributed by atoms with Crippen LogP contribution in [-0.2, 0) is 16.1 Å². The van der Waals surface area contributed by atoms with Gasteiger partial charge in [-0.25, -0.2) is 4.79 Å². The molecule has 0 atom stereocenters. The summed E-state index contributed by atoms with van der Waals surface area (Å²) in [6, 6.07) is 14.1. The van der Waals surface area contributed by atoms with Gasteiger partial charge in [-0.3, -0.25) is 4.79 Å². The molecule has 1 N–H and O–H groups in total. The minimum atomic E-state index is -0.359. The first-order valence-corrected chi connectivity index (χ1v) is 11.6. The SMILES string of the molecule is C=Cc1c(COc2cccc(NC(=O)c3cccc(OC)c3)c2)csc1/C(=C\C)C(=O)OCC. The highest BCUT2D eigenvalue weighted by Gasteiger charge is 2.19. The monoisotopic (exact) mass is 477 g/mol. The number of carbonyl (C=O) groups excluding carboxylic acids is 2. The zero-order valence-corrected chi connectivity index (χ0v) is 20.2. The van der Waals surface area contributed by atoms with Crippen LogP contribution in [0.2, 0.25) is 0 Å². The highest BCUT2D eigenvalue weighted by Crippen LogP contribution is 2.32. The second-order valence-corrected chi connectivity index (χ2v) is 8.01. The molecule has 0 saturated carbocycles. The largest absolute Gasteiger partial charge is 0.497 e. The Labute approximate surface area is 203 Å². The Balaban J connectivity index is 1.71. The molecule has 1 amide bonds. The van der Waals surface area contributed by atoms with E-state index in [-0.39, 0.29) is 18.5 Å². The topological polar surface area (TPSA) is 73.9 Å². The first-order valence-electron chi connectivity index (χ1n) is 10.8. The average Bonchev–Trinajstić information content (AvgIpc) is 3.26. The maximum atomic E-state index is 12.6. The van der Waals surface area contributed by atoms with E-state index < -0.39 is 0 Å². The van der Waals surface area contributed by atoms with E-state index in [1.54, 1.807) is 69.5 Å². The molecule has 34 heavy (non-hydrogen) atoms. The van der Waals surface area contributed by atoms with Gasteiger partial charge < -0.3 is 19.5 Å². The molecule has 0 aliphatic carbocycles. The van der Waals surface area contributed by atoms with Crippen LogP contribution in [-0.4, -0.2) is 25.6 Å². The van der Waals surface area contributed by atoms with Crippen LogP contribution in [0.4, 0.5) is 5.69 Å². The van der Waals surface area contributed by atoms with E-state index in [0.717, 1.165) is 16.0 Å². The van der Waals surface area contributed by atoms with Crippen LogP contribution in [0.15, 0.2) is 66.6 Å². The van der Waals surface area contributed by atoms with Gasteiger partial charge in [-0.2, -0.15) is 0 Å². The number of anilines is 1. The Morgan fingerprint density at radius 2 is 1.88 bits per heavy atom. The van der Waals surface area contributed by atoms with E-state index in [9.17, 15) is 9.59 Å². The predicted octanol–water partition coefficient (Wildman–Crippen LogP) is 6.20. The van der Waals surface area contributed by atoms with E-state index in [4.69, 9.17) is 14.2 Å². The average molecular weight is 478 g/mol. The number of hydrogen-bond donors (Lipinski definition) is 1. The first-order chi connectivity index (χ1) is 16.5. The van der Waals surface area contributed by atoms with Crippen LogP contribution >= 0.6 is 11.3 Å². The zero-order chi connectivity index (χ0) is 24.5. The molecule has 0 radical (unpaired) electrons. The molecule has 1 heterocycles. The molecule has 0 aliphatic rings. The van der Waals surface area contributed by atoms with Crippen LogP contribution in [0.5, 0.6) is 11.5 Å². The van der Waals surface area contributed by atoms with Crippen LogP contribution in [0.1, 0.15) is 40.2 Å². The van der Waals surface area contributed by atoms with Gasteiger partial charge in [0.05, 0.1) is 19.3 Å². The lowest BCUT2D eigenvalue weighted by atomic mass is 10.1. The summed E-state index contributed by atoms with van der Waals surface area (Å²) in [5, 5.41) is 4.82. The molecular formula is C27H27NO5S. The molecule has 1 aromatic heterocycles. The van der Waals surface area contributed by atoms with Crippen molar-refractivity contribution < 1.29 is 23.8 Å². The zero-order valence-electron chi connectivity index (χ0n) is 19.4. The number of amides is 1. The Bertz CT molecular complexity index is 1210. The smallest absolute Gasteiger partial charge is 0.339 e. The van der Waals surface area contributed by atoms with Gasteiger partial charge >= 0.3 is 5.97 Å². The first kappa shape index (κ1) is 24.8. The second kappa shape index (κ2) is 11.9. The Kier molecular flexibility index (Phi) is 8.65. The van der Waals surface area contributed by atoms with Gasteiger partial charge in [0.2, 0.25) is 0 Å². The number of ether oxygens (including phenoxy) is 3. The number of esters is 1. The third-order valence-corrected chi connectivity index (χ3v) is 6.04. The molecule has 0 saturated heterocycles. The number of rotatable bonds is 10. The van der Waals surface area contributed by atoms with Crippen molar-refractivity contribution in [2.75, 3.05) is 19.0 Å². The summed E-state index contributed by atoms with van der Waals surface area (Å²) < 4.78 is 16.3. The molecular weight excluding hydrogens is 450 g/mol. The van der Waals surface area contributed by atoms with Crippen molar-refractivity contribution in [1.82, 2.24) is 0 Å². The van der Waals surface area contributed by atoms with Crippen molar-refractivity contribution >= 4 is 40.5 Å².